The molecule has 0 aromatic carbocycles. The first kappa shape index (κ1) is 9.80. The molecule has 4 nitrogen and oxygen atoms in total. The van der Waals surface area contributed by atoms with Crippen molar-refractivity contribution in [2.75, 3.05) is 11.1 Å². The van der Waals surface area contributed by atoms with Crippen LogP contribution in [-0.2, 0) is 0 Å². The van der Waals surface area contributed by atoms with Crippen LogP contribution in [0.2, 0.25) is 0 Å². The molecule has 0 saturated heterocycles. The first-order chi connectivity index (χ1) is 6.11. The fourth-order valence-electron chi connectivity index (χ4n) is 0.892. The van der Waals surface area contributed by atoms with Crippen LogP contribution in [0.15, 0.2) is 18.5 Å². The first-order valence-corrected chi connectivity index (χ1v) is 4.25. The molecule has 72 valence electrons. The minimum atomic E-state index is -0.417. The summed E-state index contributed by atoms with van der Waals surface area (Å²) in [6.45, 7) is 3.61. The number of nitrogen functional groups attached to an aromatic ring is 1. The van der Waals surface area contributed by atoms with Crippen molar-refractivity contribution in [2.24, 2.45) is 0 Å². The highest BCUT2D eigenvalue weighted by molar-refractivity contribution is 5.64. The third-order valence-electron chi connectivity index (χ3n) is 1.96. The molecular weight excluding hydrogens is 166 g/mol. The van der Waals surface area contributed by atoms with E-state index in [0.29, 0.717) is 5.69 Å². The Labute approximate surface area is 77.8 Å². The topological polar surface area (TPSA) is 71.2 Å². The number of nitrogens with one attached hydrogen (secondary N) is 1. The van der Waals surface area contributed by atoms with E-state index in [1.54, 1.807) is 25.4 Å². The Bertz CT molecular complexity index is 275. The Hall–Kier alpha value is -1.29. The number of hydrogen-bond donors (Lipinski definition) is 3. The summed E-state index contributed by atoms with van der Waals surface area (Å²) in [5.74, 6) is 0. The first-order valence-electron chi connectivity index (χ1n) is 4.25. The molecule has 0 aliphatic heterocycles. The number of rotatable bonds is 3. The van der Waals surface area contributed by atoms with E-state index in [0.717, 1.165) is 5.69 Å². The van der Waals surface area contributed by atoms with Gasteiger partial charge in [-0.3, -0.25) is 4.98 Å². The van der Waals surface area contributed by atoms with Crippen molar-refractivity contribution in [3.63, 3.8) is 0 Å². The Morgan fingerprint density at radius 1 is 1.54 bits per heavy atom. The lowest BCUT2D eigenvalue weighted by atomic mass is 10.2. The lowest BCUT2D eigenvalue weighted by Gasteiger charge is -2.18. The van der Waals surface area contributed by atoms with Gasteiger partial charge < -0.3 is 16.2 Å². The molecule has 1 heterocycles. The summed E-state index contributed by atoms with van der Waals surface area (Å²) in [6, 6.07) is 1.68. The zero-order chi connectivity index (χ0) is 9.84. The fourth-order valence-corrected chi connectivity index (χ4v) is 0.892. The predicted molar refractivity (Wildman–Crippen MR) is 53.4 cm³/mol. The van der Waals surface area contributed by atoms with Gasteiger partial charge in [-0.05, 0) is 19.9 Å². The molecule has 0 amide bonds. The Morgan fingerprint density at radius 3 is 2.77 bits per heavy atom. The monoisotopic (exact) mass is 181 g/mol. The average Bonchev–Trinajstić information content (AvgIpc) is 2.08. The van der Waals surface area contributed by atoms with Crippen LogP contribution in [-0.4, -0.2) is 22.2 Å². The fraction of sp³-hybridized carbons (Fsp3) is 0.444. The molecule has 13 heavy (non-hydrogen) atoms. The lowest BCUT2D eigenvalue weighted by molar-refractivity contribution is 0.178. The van der Waals surface area contributed by atoms with E-state index in [1.807, 2.05) is 6.92 Å². The third kappa shape index (κ3) is 2.59. The van der Waals surface area contributed by atoms with E-state index in [1.165, 1.54) is 0 Å². The highest BCUT2D eigenvalue weighted by Crippen LogP contribution is 2.16. The van der Waals surface area contributed by atoms with Crippen LogP contribution in [0.3, 0.4) is 0 Å². The summed E-state index contributed by atoms with van der Waals surface area (Å²) in [5, 5.41) is 12.3. The number of anilines is 2. The summed E-state index contributed by atoms with van der Waals surface area (Å²) >= 11 is 0. The number of aliphatic hydroxyl groups is 1. The van der Waals surface area contributed by atoms with Crippen molar-refractivity contribution in [1.29, 1.82) is 0 Å². The number of aromatic nitrogens is 1. The van der Waals surface area contributed by atoms with Gasteiger partial charge in [0.1, 0.15) is 0 Å². The smallest absolute Gasteiger partial charge is 0.0763 e. The van der Waals surface area contributed by atoms with Crippen LogP contribution < -0.4 is 11.1 Å². The molecule has 0 aliphatic carbocycles. The molecule has 1 aromatic heterocycles. The van der Waals surface area contributed by atoms with Gasteiger partial charge in [-0.25, -0.2) is 0 Å². The average molecular weight is 181 g/mol. The standard InChI is InChI=1S/C9H15N3O/c1-6(7(2)13)12-9-5-11-4-3-8(9)10/h3-7,12-13H,1-2H3,(H2,10,11). The highest BCUT2D eigenvalue weighted by Gasteiger charge is 2.09. The Morgan fingerprint density at radius 2 is 2.23 bits per heavy atom. The summed E-state index contributed by atoms with van der Waals surface area (Å²) in [5.41, 5.74) is 7.09. The minimum Gasteiger partial charge on any atom is -0.397 e. The van der Waals surface area contributed by atoms with Crippen molar-refractivity contribution in [1.82, 2.24) is 4.98 Å². The second-order valence-electron chi connectivity index (χ2n) is 3.14. The number of nitrogens with two attached hydrogens (primary N) is 1. The van der Waals surface area contributed by atoms with E-state index in [4.69, 9.17) is 5.73 Å². The number of pyridine rings is 1. The molecule has 0 bridgehead atoms. The molecule has 0 fully saturated rings. The highest BCUT2D eigenvalue weighted by atomic mass is 16.3. The van der Waals surface area contributed by atoms with Crippen LogP contribution in [0.5, 0.6) is 0 Å². The van der Waals surface area contributed by atoms with Crippen LogP contribution in [0.4, 0.5) is 11.4 Å². The van der Waals surface area contributed by atoms with E-state index in [-0.39, 0.29) is 6.04 Å². The maximum Gasteiger partial charge on any atom is 0.0763 e. The number of hydrogen-bond acceptors (Lipinski definition) is 4. The molecule has 2 unspecified atom stereocenters. The van der Waals surface area contributed by atoms with Crippen molar-refractivity contribution in [2.45, 2.75) is 26.0 Å². The van der Waals surface area contributed by atoms with Gasteiger partial charge in [-0.2, -0.15) is 0 Å². The zero-order valence-electron chi connectivity index (χ0n) is 7.86. The number of aliphatic hydroxyl groups excluding tert-OH is 1. The predicted octanol–water partition coefficient (Wildman–Crippen LogP) is 0.845. The zero-order valence-corrected chi connectivity index (χ0v) is 7.86. The molecule has 2 atom stereocenters. The van der Waals surface area contributed by atoms with E-state index in [9.17, 15) is 5.11 Å². The second-order valence-corrected chi connectivity index (χ2v) is 3.14. The third-order valence-corrected chi connectivity index (χ3v) is 1.96. The van der Waals surface area contributed by atoms with Crippen molar-refractivity contribution < 1.29 is 5.11 Å². The van der Waals surface area contributed by atoms with Crippen LogP contribution in [0.25, 0.3) is 0 Å². The van der Waals surface area contributed by atoms with Gasteiger partial charge in [0.05, 0.1) is 23.7 Å². The summed E-state index contributed by atoms with van der Waals surface area (Å²) in [7, 11) is 0. The second kappa shape index (κ2) is 4.09. The van der Waals surface area contributed by atoms with Gasteiger partial charge in [0, 0.05) is 12.2 Å². The molecule has 1 aromatic rings. The van der Waals surface area contributed by atoms with Crippen LogP contribution in [0, 0.1) is 0 Å². The molecule has 4 N–H and O–H groups in total. The molecule has 1 rings (SSSR count). The van der Waals surface area contributed by atoms with Crippen molar-refractivity contribution >= 4 is 11.4 Å². The largest absolute Gasteiger partial charge is 0.397 e. The maximum absolute atomic E-state index is 9.25. The maximum atomic E-state index is 9.25. The molecule has 0 spiro atoms. The van der Waals surface area contributed by atoms with Crippen LogP contribution >= 0.6 is 0 Å². The SMILES string of the molecule is CC(O)C(C)Nc1cnccc1N. The number of nitrogens with zero attached hydrogens (tertiary/aromatic N) is 1. The van der Waals surface area contributed by atoms with Crippen LogP contribution in [0.1, 0.15) is 13.8 Å². The van der Waals surface area contributed by atoms with Crippen molar-refractivity contribution in [3.8, 4) is 0 Å². The Kier molecular flexibility index (Phi) is 3.08. The van der Waals surface area contributed by atoms with Crippen molar-refractivity contribution in [3.05, 3.63) is 18.5 Å². The van der Waals surface area contributed by atoms with Gasteiger partial charge in [-0.1, -0.05) is 0 Å². The summed E-state index contributed by atoms with van der Waals surface area (Å²) in [6.07, 6.45) is 2.86. The molecule has 0 saturated carbocycles. The van der Waals surface area contributed by atoms with E-state index in [2.05, 4.69) is 10.3 Å². The quantitative estimate of drug-likeness (QED) is 0.646. The summed E-state index contributed by atoms with van der Waals surface area (Å²) in [4.78, 5) is 3.93. The van der Waals surface area contributed by atoms with E-state index >= 15 is 0 Å². The molecular formula is C9H15N3O. The van der Waals surface area contributed by atoms with Gasteiger partial charge in [0.15, 0.2) is 0 Å². The van der Waals surface area contributed by atoms with Gasteiger partial charge in [0.25, 0.3) is 0 Å². The normalized spacial score (nSPS) is 15.0. The molecule has 4 heteroatoms. The summed E-state index contributed by atoms with van der Waals surface area (Å²) < 4.78 is 0. The van der Waals surface area contributed by atoms with Gasteiger partial charge >= 0.3 is 0 Å². The Balaban J connectivity index is 2.69. The molecule has 0 aliphatic rings. The van der Waals surface area contributed by atoms with E-state index < -0.39 is 6.10 Å². The lowest BCUT2D eigenvalue weighted by Crippen LogP contribution is -2.28. The molecule has 0 radical (unpaired) electrons. The van der Waals surface area contributed by atoms with Gasteiger partial charge in [-0.15, -0.1) is 0 Å². The minimum absolute atomic E-state index is 0.0356. The van der Waals surface area contributed by atoms with Gasteiger partial charge in [0.2, 0.25) is 0 Å².